The van der Waals surface area contributed by atoms with Crippen LogP contribution in [0.3, 0.4) is 0 Å². The van der Waals surface area contributed by atoms with Gasteiger partial charge in [0.2, 0.25) is 0 Å². The van der Waals surface area contributed by atoms with E-state index >= 15 is 0 Å². The summed E-state index contributed by atoms with van der Waals surface area (Å²) in [5, 5.41) is 3.08. The summed E-state index contributed by atoms with van der Waals surface area (Å²) in [5.74, 6) is 0.811. The van der Waals surface area contributed by atoms with Gasteiger partial charge in [-0.15, -0.1) is 11.8 Å². The van der Waals surface area contributed by atoms with E-state index in [1.807, 2.05) is 84.4 Å². The molecule has 1 amide bonds. The second-order valence-electron chi connectivity index (χ2n) is 6.48. The topological polar surface area (TPSA) is 46.4 Å². The molecule has 140 valence electrons. The molecule has 0 radical (unpaired) electrons. The van der Waals surface area contributed by atoms with Crippen molar-refractivity contribution in [2.75, 3.05) is 11.1 Å². The molecule has 0 aliphatic carbocycles. The van der Waals surface area contributed by atoms with E-state index in [-0.39, 0.29) is 5.91 Å². The molecule has 2 aromatic carbocycles. The first-order valence-corrected chi connectivity index (χ1v) is 10.2. The highest BCUT2D eigenvalue weighted by atomic mass is 32.2. The van der Waals surface area contributed by atoms with Crippen LogP contribution in [-0.4, -0.2) is 21.0 Å². The maximum Gasteiger partial charge on any atom is 0.256 e. The van der Waals surface area contributed by atoms with Gasteiger partial charge in [0.1, 0.15) is 5.65 Å². The Morgan fingerprint density at radius 1 is 1.07 bits per heavy atom. The maximum absolute atomic E-state index is 13.0. The standard InChI is InChI=1S/C23H21N3OS/c1-3-28-21-13-7-5-11-18(21)23(27)25-19-12-6-4-10-17(19)20-15-26-14-8-9-16(2)22(26)24-20/h4-15H,3H2,1-2H3,(H,25,27). The van der Waals surface area contributed by atoms with E-state index in [0.29, 0.717) is 5.56 Å². The number of carbonyl (C=O) groups is 1. The molecular formula is C23H21N3OS. The van der Waals surface area contributed by atoms with Gasteiger partial charge in [-0.05, 0) is 42.5 Å². The molecule has 2 aromatic heterocycles. The predicted molar refractivity (Wildman–Crippen MR) is 116 cm³/mol. The third-order valence-electron chi connectivity index (χ3n) is 4.56. The predicted octanol–water partition coefficient (Wildman–Crippen LogP) is 5.67. The summed E-state index contributed by atoms with van der Waals surface area (Å²) in [7, 11) is 0. The number of thioether (sulfide) groups is 1. The van der Waals surface area contributed by atoms with Crippen molar-refractivity contribution in [1.29, 1.82) is 0 Å². The van der Waals surface area contributed by atoms with Crippen LogP contribution in [0.5, 0.6) is 0 Å². The Morgan fingerprint density at radius 3 is 2.68 bits per heavy atom. The fourth-order valence-corrected chi connectivity index (χ4v) is 4.03. The Kier molecular flexibility index (Phi) is 5.17. The Hall–Kier alpha value is -3.05. The summed E-state index contributed by atoms with van der Waals surface area (Å²) in [5.41, 5.74) is 5.21. The number of carbonyl (C=O) groups excluding carboxylic acids is 1. The lowest BCUT2D eigenvalue weighted by atomic mass is 10.1. The van der Waals surface area contributed by atoms with Gasteiger partial charge in [-0.3, -0.25) is 4.79 Å². The third kappa shape index (κ3) is 3.53. The fraction of sp³-hybridized carbons (Fsp3) is 0.130. The quantitative estimate of drug-likeness (QED) is 0.449. The van der Waals surface area contributed by atoms with Gasteiger partial charge in [-0.1, -0.05) is 43.3 Å². The molecule has 4 rings (SSSR count). The van der Waals surface area contributed by atoms with E-state index in [2.05, 4.69) is 12.2 Å². The SMILES string of the molecule is CCSc1ccccc1C(=O)Nc1ccccc1-c1cn2cccc(C)c2n1. The van der Waals surface area contributed by atoms with Gasteiger partial charge >= 0.3 is 0 Å². The van der Waals surface area contributed by atoms with Crippen molar-refractivity contribution in [1.82, 2.24) is 9.38 Å². The van der Waals surface area contributed by atoms with Crippen LogP contribution in [0.15, 0.2) is 78.0 Å². The summed E-state index contributed by atoms with van der Waals surface area (Å²) >= 11 is 1.67. The number of amides is 1. The molecule has 28 heavy (non-hydrogen) atoms. The van der Waals surface area contributed by atoms with Crippen molar-refractivity contribution >= 4 is 29.0 Å². The number of imidazole rings is 1. The molecule has 2 heterocycles. The maximum atomic E-state index is 13.0. The lowest BCUT2D eigenvalue weighted by Crippen LogP contribution is -2.13. The number of benzene rings is 2. The average molecular weight is 388 g/mol. The molecule has 5 heteroatoms. The Balaban J connectivity index is 1.70. The van der Waals surface area contributed by atoms with E-state index in [9.17, 15) is 4.79 Å². The molecular weight excluding hydrogens is 366 g/mol. The third-order valence-corrected chi connectivity index (χ3v) is 5.52. The number of aryl methyl sites for hydroxylation is 1. The lowest BCUT2D eigenvalue weighted by molar-refractivity contribution is 0.102. The number of nitrogens with zero attached hydrogens (tertiary/aromatic N) is 2. The molecule has 4 nitrogen and oxygen atoms in total. The number of fused-ring (bicyclic) bond motifs is 1. The molecule has 0 bridgehead atoms. The van der Waals surface area contributed by atoms with Gasteiger partial charge in [0, 0.05) is 22.9 Å². The molecule has 0 aliphatic rings. The molecule has 1 N–H and O–H groups in total. The lowest BCUT2D eigenvalue weighted by Gasteiger charge is -2.12. The highest BCUT2D eigenvalue weighted by Gasteiger charge is 2.15. The smallest absolute Gasteiger partial charge is 0.256 e. The van der Waals surface area contributed by atoms with Crippen molar-refractivity contribution in [3.8, 4) is 11.3 Å². The zero-order valence-corrected chi connectivity index (χ0v) is 16.7. The summed E-state index contributed by atoms with van der Waals surface area (Å²) in [6, 6.07) is 19.5. The number of rotatable bonds is 5. The van der Waals surface area contributed by atoms with Crippen LogP contribution in [0.2, 0.25) is 0 Å². The fourth-order valence-electron chi connectivity index (χ4n) is 3.22. The van der Waals surface area contributed by atoms with Crippen molar-refractivity contribution < 1.29 is 4.79 Å². The van der Waals surface area contributed by atoms with Crippen LogP contribution >= 0.6 is 11.8 Å². The van der Waals surface area contributed by atoms with Crippen molar-refractivity contribution in [3.05, 3.63) is 84.2 Å². The number of nitrogens with one attached hydrogen (secondary N) is 1. The number of para-hydroxylation sites is 1. The Bertz CT molecular complexity index is 1150. The number of hydrogen-bond donors (Lipinski definition) is 1. The molecule has 0 spiro atoms. The van der Waals surface area contributed by atoms with Crippen LogP contribution in [0, 0.1) is 6.92 Å². The van der Waals surface area contributed by atoms with Crippen LogP contribution < -0.4 is 5.32 Å². The average Bonchev–Trinajstić information content (AvgIpc) is 3.14. The summed E-state index contributed by atoms with van der Waals surface area (Å²) in [6.07, 6.45) is 3.98. The highest BCUT2D eigenvalue weighted by molar-refractivity contribution is 7.99. The van der Waals surface area contributed by atoms with E-state index in [1.54, 1.807) is 11.8 Å². The zero-order valence-electron chi connectivity index (χ0n) is 15.8. The minimum atomic E-state index is -0.107. The van der Waals surface area contributed by atoms with Crippen molar-refractivity contribution in [2.24, 2.45) is 0 Å². The number of hydrogen-bond acceptors (Lipinski definition) is 3. The van der Waals surface area contributed by atoms with Crippen LogP contribution in [0.25, 0.3) is 16.9 Å². The molecule has 0 aliphatic heterocycles. The molecule has 0 saturated heterocycles. The number of pyridine rings is 1. The minimum absolute atomic E-state index is 0.107. The van der Waals surface area contributed by atoms with Gasteiger partial charge in [0.15, 0.2) is 0 Å². The van der Waals surface area contributed by atoms with Gasteiger partial charge < -0.3 is 9.72 Å². The van der Waals surface area contributed by atoms with Crippen LogP contribution in [0.1, 0.15) is 22.8 Å². The molecule has 0 fully saturated rings. The largest absolute Gasteiger partial charge is 0.321 e. The van der Waals surface area contributed by atoms with Crippen molar-refractivity contribution in [2.45, 2.75) is 18.7 Å². The van der Waals surface area contributed by atoms with Crippen molar-refractivity contribution in [3.63, 3.8) is 0 Å². The normalized spacial score (nSPS) is 10.9. The van der Waals surface area contributed by atoms with E-state index in [1.165, 1.54) is 0 Å². The molecule has 0 unspecified atom stereocenters. The first kappa shape index (κ1) is 18.3. The van der Waals surface area contributed by atoms with Gasteiger partial charge in [-0.2, -0.15) is 0 Å². The Labute approximate surface area is 168 Å². The van der Waals surface area contributed by atoms with E-state index in [0.717, 1.165) is 38.8 Å². The number of anilines is 1. The van der Waals surface area contributed by atoms with E-state index in [4.69, 9.17) is 4.98 Å². The first-order valence-electron chi connectivity index (χ1n) is 9.24. The Morgan fingerprint density at radius 2 is 1.86 bits per heavy atom. The highest BCUT2D eigenvalue weighted by Crippen LogP contribution is 2.29. The van der Waals surface area contributed by atoms with Crippen LogP contribution in [-0.2, 0) is 0 Å². The van der Waals surface area contributed by atoms with Gasteiger partial charge in [0.05, 0.1) is 16.9 Å². The van der Waals surface area contributed by atoms with E-state index < -0.39 is 0 Å². The summed E-state index contributed by atoms with van der Waals surface area (Å²) in [4.78, 5) is 18.7. The van der Waals surface area contributed by atoms with Gasteiger partial charge in [0.25, 0.3) is 5.91 Å². The molecule has 0 atom stereocenters. The first-order chi connectivity index (χ1) is 13.7. The molecule has 0 saturated carbocycles. The second-order valence-corrected chi connectivity index (χ2v) is 7.78. The monoisotopic (exact) mass is 387 g/mol. The molecule has 4 aromatic rings. The van der Waals surface area contributed by atoms with Crippen LogP contribution in [0.4, 0.5) is 5.69 Å². The zero-order chi connectivity index (χ0) is 19.5. The second kappa shape index (κ2) is 7.90. The minimum Gasteiger partial charge on any atom is -0.321 e. The summed E-state index contributed by atoms with van der Waals surface area (Å²) < 4.78 is 2.01. The number of aromatic nitrogens is 2. The van der Waals surface area contributed by atoms with Gasteiger partial charge in [-0.25, -0.2) is 4.98 Å². The summed E-state index contributed by atoms with van der Waals surface area (Å²) in [6.45, 7) is 4.13.